The first-order chi connectivity index (χ1) is 8.63. The maximum atomic E-state index is 11.8. The number of rotatable bonds is 4. The Balaban J connectivity index is 2.43. The molecular weight excluding hydrogens is 236 g/mol. The lowest BCUT2D eigenvalue weighted by Gasteiger charge is -2.11. The van der Waals surface area contributed by atoms with Crippen LogP contribution in [0, 0.1) is 6.92 Å². The maximum Gasteiger partial charge on any atom is 0.306 e. The monoisotopic (exact) mass is 250 g/mol. The Morgan fingerprint density at radius 3 is 2.78 bits per heavy atom. The van der Waals surface area contributed by atoms with E-state index in [9.17, 15) is 9.59 Å². The molecule has 1 atom stereocenters. The van der Waals surface area contributed by atoms with Gasteiger partial charge in [-0.25, -0.2) is 0 Å². The minimum Gasteiger partial charge on any atom is -0.469 e. The summed E-state index contributed by atoms with van der Waals surface area (Å²) >= 11 is 0. The van der Waals surface area contributed by atoms with Crippen molar-refractivity contribution in [3.8, 4) is 0 Å². The molecule has 0 aliphatic carbocycles. The van der Waals surface area contributed by atoms with Gasteiger partial charge in [-0.3, -0.25) is 14.7 Å². The summed E-state index contributed by atoms with van der Waals surface area (Å²) in [5.74, 6) is -0.271. The van der Waals surface area contributed by atoms with Crippen molar-refractivity contribution in [2.24, 2.45) is 0 Å². The number of carbonyl (C=O) groups is 1. The molecule has 18 heavy (non-hydrogen) atoms. The molecule has 2 aromatic heterocycles. The van der Waals surface area contributed by atoms with Gasteiger partial charge in [-0.15, -0.1) is 0 Å². The van der Waals surface area contributed by atoms with Gasteiger partial charge in [-0.1, -0.05) is 0 Å². The Morgan fingerprint density at radius 1 is 1.50 bits per heavy atom. The number of aromatic amines is 2. The van der Waals surface area contributed by atoms with Crippen molar-refractivity contribution in [1.29, 1.82) is 0 Å². The van der Waals surface area contributed by atoms with Crippen molar-refractivity contribution in [1.82, 2.24) is 10.2 Å². The number of hydrogen-bond donors (Lipinski definition) is 2. The second kappa shape index (κ2) is 4.95. The van der Waals surface area contributed by atoms with Gasteiger partial charge in [0.2, 0.25) is 0 Å². The van der Waals surface area contributed by atoms with E-state index in [0.717, 1.165) is 0 Å². The Hall–Kier alpha value is -2.24. The molecule has 0 aliphatic rings. The van der Waals surface area contributed by atoms with Gasteiger partial charge in [0.15, 0.2) is 0 Å². The number of aryl methyl sites for hydroxylation is 1. The van der Waals surface area contributed by atoms with E-state index in [1.165, 1.54) is 13.4 Å². The first kappa shape index (κ1) is 12.2. The average molecular weight is 250 g/mol. The predicted molar refractivity (Wildman–Crippen MR) is 63.3 cm³/mol. The summed E-state index contributed by atoms with van der Waals surface area (Å²) in [7, 11) is 1.32. The third kappa shape index (κ3) is 2.22. The zero-order valence-corrected chi connectivity index (χ0v) is 10.1. The minimum absolute atomic E-state index is 0.0613. The molecule has 0 fully saturated rings. The number of ether oxygens (including phenoxy) is 1. The fourth-order valence-corrected chi connectivity index (χ4v) is 1.96. The van der Waals surface area contributed by atoms with Crippen molar-refractivity contribution in [2.45, 2.75) is 19.3 Å². The summed E-state index contributed by atoms with van der Waals surface area (Å²) in [6, 6.07) is 3.45. The summed E-state index contributed by atoms with van der Waals surface area (Å²) in [6.45, 7) is 1.76. The van der Waals surface area contributed by atoms with E-state index in [1.54, 1.807) is 19.1 Å². The number of nitrogens with one attached hydrogen (secondary N) is 2. The van der Waals surface area contributed by atoms with Crippen molar-refractivity contribution in [3.63, 3.8) is 0 Å². The number of carbonyl (C=O) groups excluding carboxylic acids is 1. The Labute approximate surface area is 103 Å². The van der Waals surface area contributed by atoms with Crippen LogP contribution in [0.1, 0.15) is 29.4 Å². The quantitative estimate of drug-likeness (QED) is 0.800. The van der Waals surface area contributed by atoms with E-state index >= 15 is 0 Å². The number of furan rings is 1. The highest BCUT2D eigenvalue weighted by atomic mass is 16.5. The summed E-state index contributed by atoms with van der Waals surface area (Å²) in [5, 5.41) is 5.24. The van der Waals surface area contributed by atoms with E-state index in [1.807, 2.05) is 0 Å². The summed E-state index contributed by atoms with van der Waals surface area (Å²) < 4.78 is 9.95. The summed E-state index contributed by atoms with van der Waals surface area (Å²) in [4.78, 5) is 23.2. The molecule has 2 aromatic rings. The van der Waals surface area contributed by atoms with Gasteiger partial charge >= 0.3 is 5.97 Å². The Bertz CT molecular complexity index is 579. The van der Waals surface area contributed by atoms with Crippen molar-refractivity contribution in [3.05, 3.63) is 45.8 Å². The van der Waals surface area contributed by atoms with Crippen LogP contribution in [0.15, 0.2) is 27.6 Å². The van der Waals surface area contributed by atoms with Crippen molar-refractivity contribution >= 4 is 5.97 Å². The van der Waals surface area contributed by atoms with Crippen LogP contribution in [-0.4, -0.2) is 23.3 Å². The van der Waals surface area contributed by atoms with Crippen LogP contribution in [-0.2, 0) is 9.53 Å². The third-order valence-corrected chi connectivity index (χ3v) is 2.85. The predicted octanol–water partition coefficient (Wildman–Crippen LogP) is 1.30. The fraction of sp³-hybridized carbons (Fsp3) is 0.333. The van der Waals surface area contributed by atoms with E-state index in [4.69, 9.17) is 4.42 Å². The molecule has 96 valence electrons. The van der Waals surface area contributed by atoms with Crippen LogP contribution < -0.4 is 5.56 Å². The molecule has 2 N–H and O–H groups in total. The van der Waals surface area contributed by atoms with Crippen molar-refractivity contribution < 1.29 is 13.9 Å². The molecule has 2 heterocycles. The molecule has 0 spiro atoms. The molecule has 0 bridgehead atoms. The molecule has 2 rings (SSSR count). The van der Waals surface area contributed by atoms with E-state index < -0.39 is 11.9 Å². The van der Waals surface area contributed by atoms with E-state index in [-0.39, 0.29) is 12.0 Å². The Kier molecular flexibility index (Phi) is 3.36. The number of aromatic nitrogens is 2. The summed E-state index contributed by atoms with van der Waals surface area (Å²) in [6.07, 6.45) is 1.57. The normalized spacial score (nSPS) is 12.3. The second-order valence-electron chi connectivity index (χ2n) is 3.97. The molecule has 0 aromatic carbocycles. The summed E-state index contributed by atoms with van der Waals surface area (Å²) in [5.41, 5.74) is 0.929. The molecular formula is C12H14N2O4. The topological polar surface area (TPSA) is 88.1 Å². The third-order valence-electron chi connectivity index (χ3n) is 2.85. The lowest BCUT2D eigenvalue weighted by Crippen LogP contribution is -2.16. The zero-order valence-electron chi connectivity index (χ0n) is 10.1. The molecule has 0 saturated carbocycles. The SMILES string of the molecule is COC(=O)C[C@@H](c1ccco1)c1c(C)[nH][nH]c1=O. The Morgan fingerprint density at radius 2 is 2.28 bits per heavy atom. The van der Waals surface area contributed by atoms with Crippen molar-refractivity contribution in [2.75, 3.05) is 7.11 Å². The standard InChI is InChI=1S/C12H14N2O4/c1-7-11(12(16)14-13-7)8(6-10(15)17-2)9-4-3-5-18-9/h3-5,8H,6H2,1-2H3,(H2,13,14,16)/t8-/m0/s1. The minimum atomic E-state index is -0.442. The number of hydrogen-bond acceptors (Lipinski definition) is 4. The molecule has 0 saturated heterocycles. The fourth-order valence-electron chi connectivity index (χ4n) is 1.96. The highest BCUT2D eigenvalue weighted by Gasteiger charge is 2.26. The number of H-pyrrole nitrogens is 2. The number of esters is 1. The molecule has 0 amide bonds. The largest absolute Gasteiger partial charge is 0.469 e. The van der Waals surface area contributed by atoms with Gasteiger partial charge in [0, 0.05) is 5.69 Å². The van der Waals surface area contributed by atoms with Gasteiger partial charge < -0.3 is 14.3 Å². The highest BCUT2D eigenvalue weighted by molar-refractivity contribution is 5.71. The second-order valence-corrected chi connectivity index (χ2v) is 3.97. The smallest absolute Gasteiger partial charge is 0.306 e. The van der Waals surface area contributed by atoms with Crippen LogP contribution in [0.3, 0.4) is 0 Å². The first-order valence-corrected chi connectivity index (χ1v) is 5.50. The maximum absolute atomic E-state index is 11.8. The molecule has 6 heteroatoms. The van der Waals surface area contributed by atoms with Gasteiger partial charge in [-0.05, 0) is 19.1 Å². The zero-order chi connectivity index (χ0) is 13.1. The van der Waals surface area contributed by atoms with Crippen LogP contribution in [0.2, 0.25) is 0 Å². The lowest BCUT2D eigenvalue weighted by atomic mass is 9.93. The van der Waals surface area contributed by atoms with Crippen LogP contribution in [0.4, 0.5) is 0 Å². The van der Waals surface area contributed by atoms with Crippen LogP contribution >= 0.6 is 0 Å². The highest BCUT2D eigenvalue weighted by Crippen LogP contribution is 2.28. The molecule has 0 aliphatic heterocycles. The van der Waals surface area contributed by atoms with Crippen LogP contribution in [0.25, 0.3) is 0 Å². The van der Waals surface area contributed by atoms with Crippen LogP contribution in [0.5, 0.6) is 0 Å². The van der Waals surface area contributed by atoms with Gasteiger partial charge in [-0.2, -0.15) is 0 Å². The lowest BCUT2D eigenvalue weighted by molar-refractivity contribution is -0.140. The van der Waals surface area contributed by atoms with Gasteiger partial charge in [0.05, 0.1) is 31.3 Å². The molecule has 0 radical (unpaired) electrons. The van der Waals surface area contributed by atoms with Gasteiger partial charge in [0.1, 0.15) is 5.76 Å². The van der Waals surface area contributed by atoms with E-state index in [0.29, 0.717) is 17.0 Å². The molecule has 6 nitrogen and oxygen atoms in total. The first-order valence-electron chi connectivity index (χ1n) is 5.50. The van der Waals surface area contributed by atoms with Gasteiger partial charge in [0.25, 0.3) is 5.56 Å². The molecule has 0 unspecified atom stereocenters. The average Bonchev–Trinajstić information content (AvgIpc) is 2.98. The number of methoxy groups -OCH3 is 1. The van der Waals surface area contributed by atoms with E-state index in [2.05, 4.69) is 14.9 Å².